The number of carbonyl (C=O) groups excluding carboxylic acids is 2. The fourth-order valence-corrected chi connectivity index (χ4v) is 1.82. The second-order valence-electron chi connectivity index (χ2n) is 4.17. The molecule has 0 saturated carbocycles. The summed E-state index contributed by atoms with van der Waals surface area (Å²) < 4.78 is 51.0. The van der Waals surface area contributed by atoms with Gasteiger partial charge in [-0.25, -0.2) is 4.39 Å². The van der Waals surface area contributed by atoms with E-state index >= 15 is 0 Å². The number of Topliss-reactive ketones (excluding diaryl/α,β-unsaturated/α-hetero) is 1. The van der Waals surface area contributed by atoms with Gasteiger partial charge in [0.1, 0.15) is 17.7 Å². The summed E-state index contributed by atoms with van der Waals surface area (Å²) in [7, 11) is 0. The van der Waals surface area contributed by atoms with E-state index in [4.69, 9.17) is 5.73 Å². The van der Waals surface area contributed by atoms with Gasteiger partial charge in [-0.3, -0.25) is 9.59 Å². The van der Waals surface area contributed by atoms with Crippen LogP contribution in [0.1, 0.15) is 18.4 Å². The second-order valence-corrected chi connectivity index (χ2v) is 5.03. The normalized spacial score (nSPS) is 14.7. The van der Waals surface area contributed by atoms with Crippen molar-refractivity contribution in [3.05, 3.63) is 34.1 Å². The number of amides is 1. The smallest absolute Gasteiger partial charge is 0.369 e. The fraction of sp³-hybridized carbons (Fsp3) is 0.333. The average Bonchev–Trinajstić information content (AvgIpc) is 2.31. The molecule has 0 aromatic heterocycles. The first-order valence-corrected chi connectivity index (χ1v) is 6.19. The van der Waals surface area contributed by atoms with Crippen molar-refractivity contribution in [1.82, 2.24) is 0 Å². The Bertz CT molecular complexity index is 545. The summed E-state index contributed by atoms with van der Waals surface area (Å²) in [4.78, 5) is 23.0. The van der Waals surface area contributed by atoms with Crippen molar-refractivity contribution in [1.29, 1.82) is 0 Å². The number of primary amides is 1. The molecule has 0 fully saturated rings. The van der Waals surface area contributed by atoms with E-state index in [9.17, 15) is 27.2 Å². The highest BCUT2D eigenvalue weighted by atomic mass is 79.9. The molecular formula is C12H10BrF4NO2. The number of alkyl halides is 3. The van der Waals surface area contributed by atoms with E-state index in [0.29, 0.717) is 6.92 Å². The minimum atomic E-state index is -4.79. The van der Waals surface area contributed by atoms with Crippen LogP contribution in [0, 0.1) is 11.7 Å². The predicted octanol–water partition coefficient (Wildman–Crippen LogP) is 2.92. The molecule has 3 nitrogen and oxygen atoms in total. The van der Waals surface area contributed by atoms with Gasteiger partial charge < -0.3 is 5.73 Å². The summed E-state index contributed by atoms with van der Waals surface area (Å²) >= 11 is 2.86. The molecule has 0 heterocycles. The Morgan fingerprint density at radius 2 is 1.85 bits per heavy atom. The highest BCUT2D eigenvalue weighted by molar-refractivity contribution is 9.10. The van der Waals surface area contributed by atoms with Gasteiger partial charge in [-0.1, -0.05) is 6.07 Å². The predicted molar refractivity (Wildman–Crippen MR) is 66.3 cm³/mol. The zero-order valence-corrected chi connectivity index (χ0v) is 11.8. The molecule has 20 heavy (non-hydrogen) atoms. The fourth-order valence-electron chi connectivity index (χ4n) is 1.57. The van der Waals surface area contributed by atoms with Gasteiger partial charge >= 0.3 is 6.18 Å². The first-order valence-electron chi connectivity index (χ1n) is 5.40. The van der Waals surface area contributed by atoms with Crippen molar-refractivity contribution < 1.29 is 27.2 Å². The lowest BCUT2D eigenvalue weighted by atomic mass is 9.87. The summed E-state index contributed by atoms with van der Waals surface area (Å²) in [6, 6.07) is 3.16. The standard InChI is InChI=1S/C12H10BrF4NO2/c1-5(12(15,16)17)10(19)9(11(18)20)6-2-3-7(13)8(14)4-6/h2-5,9H,1H3,(H2,18,20). The molecule has 1 rings (SSSR count). The van der Waals surface area contributed by atoms with Crippen molar-refractivity contribution >= 4 is 27.6 Å². The minimum Gasteiger partial charge on any atom is -0.369 e. The molecule has 0 radical (unpaired) electrons. The van der Waals surface area contributed by atoms with E-state index in [2.05, 4.69) is 15.9 Å². The Labute approximate surface area is 120 Å². The first kappa shape index (κ1) is 16.6. The molecule has 2 N–H and O–H groups in total. The van der Waals surface area contributed by atoms with Crippen LogP contribution in [0.15, 0.2) is 22.7 Å². The van der Waals surface area contributed by atoms with Crippen LogP contribution < -0.4 is 5.73 Å². The third kappa shape index (κ3) is 3.56. The number of hydrogen-bond donors (Lipinski definition) is 1. The molecule has 0 aliphatic rings. The van der Waals surface area contributed by atoms with Gasteiger partial charge in [-0.05, 0) is 40.5 Å². The zero-order valence-electron chi connectivity index (χ0n) is 10.2. The van der Waals surface area contributed by atoms with Gasteiger partial charge in [0, 0.05) is 0 Å². The Kier molecular flexibility index (Phi) is 4.90. The first-order chi connectivity index (χ1) is 9.05. The van der Waals surface area contributed by atoms with Crippen molar-refractivity contribution in [3.8, 4) is 0 Å². The number of carbonyl (C=O) groups is 2. The number of ketones is 1. The number of rotatable bonds is 4. The molecule has 0 aliphatic heterocycles. The lowest BCUT2D eigenvalue weighted by Crippen LogP contribution is -2.37. The zero-order chi connectivity index (χ0) is 15.7. The van der Waals surface area contributed by atoms with Gasteiger partial charge in [-0.15, -0.1) is 0 Å². The van der Waals surface area contributed by atoms with Crippen LogP contribution in [0.25, 0.3) is 0 Å². The van der Waals surface area contributed by atoms with E-state index in [1.165, 1.54) is 12.1 Å². The molecule has 2 unspecified atom stereocenters. The maximum Gasteiger partial charge on any atom is 0.398 e. The quantitative estimate of drug-likeness (QED) is 0.666. The summed E-state index contributed by atoms with van der Waals surface area (Å²) in [5, 5.41) is 0. The van der Waals surface area contributed by atoms with Crippen molar-refractivity contribution in [3.63, 3.8) is 0 Å². The van der Waals surface area contributed by atoms with Crippen LogP contribution in [0.4, 0.5) is 17.6 Å². The van der Waals surface area contributed by atoms with Crippen LogP contribution in [-0.4, -0.2) is 17.9 Å². The van der Waals surface area contributed by atoms with Crippen LogP contribution in [-0.2, 0) is 9.59 Å². The summed E-state index contributed by atoms with van der Waals surface area (Å²) in [5.74, 6) is -7.68. The SMILES string of the molecule is CC(C(=O)C(C(N)=O)c1ccc(Br)c(F)c1)C(F)(F)F. The van der Waals surface area contributed by atoms with Crippen LogP contribution >= 0.6 is 15.9 Å². The van der Waals surface area contributed by atoms with E-state index in [0.717, 1.165) is 6.07 Å². The molecule has 0 bridgehead atoms. The summed E-state index contributed by atoms with van der Waals surface area (Å²) in [6.07, 6.45) is -4.79. The highest BCUT2D eigenvalue weighted by Crippen LogP contribution is 2.32. The van der Waals surface area contributed by atoms with E-state index in [1.807, 2.05) is 0 Å². The largest absolute Gasteiger partial charge is 0.398 e. The number of hydrogen-bond acceptors (Lipinski definition) is 2. The molecule has 110 valence electrons. The third-order valence-corrected chi connectivity index (χ3v) is 3.41. The Morgan fingerprint density at radius 3 is 2.25 bits per heavy atom. The maximum atomic E-state index is 13.4. The molecule has 1 aromatic rings. The van der Waals surface area contributed by atoms with Crippen molar-refractivity contribution in [2.75, 3.05) is 0 Å². The van der Waals surface area contributed by atoms with Gasteiger partial charge in [-0.2, -0.15) is 13.2 Å². The highest BCUT2D eigenvalue weighted by Gasteiger charge is 2.45. The van der Waals surface area contributed by atoms with Gasteiger partial charge in [0.2, 0.25) is 5.91 Å². The molecule has 1 aromatic carbocycles. The van der Waals surface area contributed by atoms with Gasteiger partial charge in [0.15, 0.2) is 5.78 Å². The lowest BCUT2D eigenvalue weighted by molar-refractivity contribution is -0.178. The molecular weight excluding hydrogens is 346 g/mol. The molecule has 0 spiro atoms. The molecule has 1 amide bonds. The lowest BCUT2D eigenvalue weighted by Gasteiger charge is -2.20. The number of nitrogens with two attached hydrogens (primary N) is 1. The van der Waals surface area contributed by atoms with Crippen LogP contribution in [0.2, 0.25) is 0 Å². The monoisotopic (exact) mass is 355 g/mol. The van der Waals surface area contributed by atoms with Crippen LogP contribution in [0.5, 0.6) is 0 Å². The Morgan fingerprint density at radius 1 is 1.30 bits per heavy atom. The topological polar surface area (TPSA) is 60.2 Å². The van der Waals surface area contributed by atoms with Crippen molar-refractivity contribution in [2.45, 2.75) is 19.0 Å². The van der Waals surface area contributed by atoms with Crippen molar-refractivity contribution in [2.24, 2.45) is 11.7 Å². The molecule has 8 heteroatoms. The van der Waals surface area contributed by atoms with Crippen LogP contribution in [0.3, 0.4) is 0 Å². The molecule has 0 aliphatic carbocycles. The average molecular weight is 356 g/mol. The van der Waals surface area contributed by atoms with E-state index in [1.54, 1.807) is 0 Å². The second kappa shape index (κ2) is 5.90. The maximum absolute atomic E-state index is 13.4. The minimum absolute atomic E-state index is 0.0563. The number of benzene rings is 1. The van der Waals surface area contributed by atoms with E-state index in [-0.39, 0.29) is 10.0 Å². The summed E-state index contributed by atoms with van der Waals surface area (Å²) in [6.45, 7) is 0.632. The third-order valence-electron chi connectivity index (χ3n) is 2.76. The van der Waals surface area contributed by atoms with Gasteiger partial charge in [0.25, 0.3) is 0 Å². The Hall–Kier alpha value is -1.44. The Balaban J connectivity index is 3.22. The van der Waals surface area contributed by atoms with E-state index < -0.39 is 35.5 Å². The van der Waals surface area contributed by atoms with Gasteiger partial charge in [0.05, 0.1) is 4.47 Å². The molecule has 0 saturated heterocycles. The molecule has 2 atom stereocenters. The summed E-state index contributed by atoms with van der Waals surface area (Å²) in [5.41, 5.74) is 4.77. The number of halogens is 5.